The van der Waals surface area contributed by atoms with Crippen molar-refractivity contribution in [3.05, 3.63) is 77.5 Å². The van der Waals surface area contributed by atoms with Gasteiger partial charge >= 0.3 is 0 Å². The van der Waals surface area contributed by atoms with Crippen molar-refractivity contribution in [1.29, 1.82) is 5.26 Å². The minimum absolute atomic E-state index is 0.627. The van der Waals surface area contributed by atoms with E-state index in [1.165, 1.54) is 10.9 Å². The summed E-state index contributed by atoms with van der Waals surface area (Å²) in [7, 11) is 2.05. The largest absolute Gasteiger partial charge is 0.343 e. The molecule has 0 amide bonds. The lowest BCUT2D eigenvalue weighted by atomic mass is 10.1. The Morgan fingerprint density at radius 1 is 1.13 bits per heavy atom. The minimum atomic E-state index is 0.627. The third kappa shape index (κ3) is 3.38. The van der Waals surface area contributed by atoms with Crippen molar-refractivity contribution in [3.63, 3.8) is 0 Å². The van der Waals surface area contributed by atoms with E-state index in [1.54, 1.807) is 0 Å². The summed E-state index contributed by atoms with van der Waals surface area (Å²) in [5.41, 5.74) is 4.06. The van der Waals surface area contributed by atoms with Crippen LogP contribution >= 0.6 is 0 Å². The Kier molecular flexibility index (Phi) is 4.35. The number of hydrogen-bond acceptors (Lipinski definition) is 2. The molecule has 0 atom stereocenters. The van der Waals surface area contributed by atoms with Crippen molar-refractivity contribution in [2.75, 3.05) is 6.54 Å². The molecule has 1 aromatic heterocycles. The summed E-state index contributed by atoms with van der Waals surface area (Å²) in [4.78, 5) is 4.46. The van der Waals surface area contributed by atoms with Gasteiger partial charge in [0.2, 0.25) is 0 Å². The molecule has 112 valence electrons. The summed E-state index contributed by atoms with van der Waals surface area (Å²) in [6.45, 7) is 0.627. The van der Waals surface area contributed by atoms with Gasteiger partial charge in [0.1, 0.15) is 0 Å². The molecule has 3 rings (SSSR count). The second kappa shape index (κ2) is 6.76. The fourth-order valence-electron chi connectivity index (χ4n) is 2.50. The number of para-hydroxylation sites is 1. The van der Waals surface area contributed by atoms with Crippen LogP contribution in [-0.4, -0.2) is 17.3 Å². The standard InChI is InChI=1S/C20H17N3/c1-23-19(13-18-6-2-3-7-20(18)23)15-22-12-4-5-16-8-10-17(14-21)11-9-16/h2-11,13,15H,12H2,1H3/b5-4+,22-15?. The molecule has 1 heterocycles. The van der Waals surface area contributed by atoms with Gasteiger partial charge in [0.15, 0.2) is 0 Å². The number of nitriles is 1. The first-order valence-corrected chi connectivity index (χ1v) is 7.49. The van der Waals surface area contributed by atoms with E-state index in [0.717, 1.165) is 11.3 Å². The molecule has 0 saturated carbocycles. The molecule has 3 aromatic rings. The van der Waals surface area contributed by atoms with Crippen molar-refractivity contribution >= 4 is 23.2 Å². The van der Waals surface area contributed by atoms with Gasteiger partial charge in [-0.3, -0.25) is 4.99 Å². The van der Waals surface area contributed by atoms with Gasteiger partial charge in [-0.05, 0) is 29.8 Å². The summed E-state index contributed by atoms with van der Waals surface area (Å²) < 4.78 is 2.14. The molecule has 0 spiro atoms. The Bertz CT molecular complexity index is 906. The average Bonchev–Trinajstić information content (AvgIpc) is 2.92. The summed E-state index contributed by atoms with van der Waals surface area (Å²) in [6, 6.07) is 20.1. The van der Waals surface area contributed by atoms with Gasteiger partial charge in [-0.15, -0.1) is 0 Å². The van der Waals surface area contributed by atoms with E-state index in [9.17, 15) is 0 Å². The number of aromatic nitrogens is 1. The first-order chi connectivity index (χ1) is 11.3. The Morgan fingerprint density at radius 2 is 1.91 bits per heavy atom. The lowest BCUT2D eigenvalue weighted by molar-refractivity contribution is 0.957. The zero-order valence-electron chi connectivity index (χ0n) is 13.0. The molecule has 0 saturated heterocycles. The predicted octanol–water partition coefficient (Wildman–Crippen LogP) is 4.18. The Hall–Kier alpha value is -3.12. The summed E-state index contributed by atoms with van der Waals surface area (Å²) in [6.07, 6.45) is 5.93. The van der Waals surface area contributed by atoms with Crippen molar-refractivity contribution < 1.29 is 0 Å². The number of rotatable bonds is 4. The molecule has 0 radical (unpaired) electrons. The minimum Gasteiger partial charge on any atom is -0.343 e. The van der Waals surface area contributed by atoms with Crippen LogP contribution in [0.15, 0.2) is 65.7 Å². The molecule has 0 unspecified atom stereocenters. The van der Waals surface area contributed by atoms with E-state index in [1.807, 2.05) is 54.8 Å². The molecule has 23 heavy (non-hydrogen) atoms. The summed E-state index contributed by atoms with van der Waals surface area (Å²) in [5.74, 6) is 0. The topological polar surface area (TPSA) is 41.1 Å². The number of benzene rings is 2. The van der Waals surface area contributed by atoms with E-state index in [-0.39, 0.29) is 0 Å². The molecule has 3 heteroatoms. The molecule has 2 aromatic carbocycles. The van der Waals surface area contributed by atoms with Crippen molar-refractivity contribution in [2.24, 2.45) is 12.0 Å². The molecule has 0 aliphatic carbocycles. The molecule has 0 N–H and O–H groups in total. The zero-order valence-corrected chi connectivity index (χ0v) is 13.0. The molecular weight excluding hydrogens is 282 g/mol. The maximum atomic E-state index is 8.77. The van der Waals surface area contributed by atoms with Gasteiger partial charge < -0.3 is 4.57 Å². The molecular formula is C20H17N3. The van der Waals surface area contributed by atoms with E-state index in [2.05, 4.69) is 40.9 Å². The molecule has 0 fully saturated rings. The Balaban J connectivity index is 1.65. The number of hydrogen-bond donors (Lipinski definition) is 0. The molecule has 0 aliphatic rings. The van der Waals surface area contributed by atoms with Gasteiger partial charge in [-0.25, -0.2) is 0 Å². The highest BCUT2D eigenvalue weighted by Crippen LogP contribution is 2.16. The van der Waals surface area contributed by atoms with E-state index >= 15 is 0 Å². The highest BCUT2D eigenvalue weighted by molar-refractivity contribution is 5.90. The van der Waals surface area contributed by atoms with E-state index in [0.29, 0.717) is 12.1 Å². The van der Waals surface area contributed by atoms with Gasteiger partial charge in [0.05, 0.1) is 23.9 Å². The first kappa shape index (κ1) is 14.8. The third-order valence-corrected chi connectivity index (χ3v) is 3.77. The summed E-state index contributed by atoms with van der Waals surface area (Å²) >= 11 is 0. The van der Waals surface area contributed by atoms with Crippen LogP contribution in [-0.2, 0) is 7.05 Å². The summed E-state index contributed by atoms with van der Waals surface area (Å²) in [5, 5.41) is 9.99. The molecule has 0 aliphatic heterocycles. The maximum Gasteiger partial charge on any atom is 0.0991 e. The van der Waals surface area contributed by atoms with Crippen LogP contribution in [0, 0.1) is 11.3 Å². The van der Waals surface area contributed by atoms with Gasteiger partial charge in [-0.2, -0.15) is 5.26 Å². The second-order valence-electron chi connectivity index (χ2n) is 5.32. The lowest BCUT2D eigenvalue weighted by Crippen LogP contribution is -1.94. The smallest absolute Gasteiger partial charge is 0.0991 e. The van der Waals surface area contributed by atoms with E-state index in [4.69, 9.17) is 5.26 Å². The molecule has 3 nitrogen and oxygen atoms in total. The van der Waals surface area contributed by atoms with Crippen LogP contribution in [0.2, 0.25) is 0 Å². The first-order valence-electron chi connectivity index (χ1n) is 7.49. The highest BCUT2D eigenvalue weighted by Gasteiger charge is 2.01. The van der Waals surface area contributed by atoms with Crippen LogP contribution in [0.4, 0.5) is 0 Å². The van der Waals surface area contributed by atoms with Crippen molar-refractivity contribution in [3.8, 4) is 6.07 Å². The van der Waals surface area contributed by atoms with E-state index < -0.39 is 0 Å². The lowest BCUT2D eigenvalue weighted by Gasteiger charge is -1.98. The van der Waals surface area contributed by atoms with Crippen LogP contribution in [0.1, 0.15) is 16.8 Å². The fourth-order valence-corrected chi connectivity index (χ4v) is 2.50. The van der Waals surface area contributed by atoms with Crippen LogP contribution in [0.5, 0.6) is 0 Å². The number of aryl methyl sites for hydroxylation is 1. The fraction of sp³-hybridized carbons (Fsp3) is 0.100. The average molecular weight is 299 g/mol. The Morgan fingerprint density at radius 3 is 2.65 bits per heavy atom. The van der Waals surface area contributed by atoms with Gasteiger partial charge in [0.25, 0.3) is 0 Å². The Labute approximate surface area is 135 Å². The van der Waals surface area contributed by atoms with Crippen LogP contribution in [0.25, 0.3) is 17.0 Å². The normalized spacial score (nSPS) is 11.5. The molecule has 0 bridgehead atoms. The van der Waals surface area contributed by atoms with Gasteiger partial charge in [0, 0.05) is 24.2 Å². The quantitative estimate of drug-likeness (QED) is 0.666. The monoisotopic (exact) mass is 299 g/mol. The number of fused-ring (bicyclic) bond motifs is 1. The predicted molar refractivity (Wildman–Crippen MR) is 95.6 cm³/mol. The SMILES string of the molecule is Cn1c(C=NC/C=C/c2ccc(C#N)cc2)cc2ccccc21. The number of aliphatic imine (C=N–C) groups is 1. The second-order valence-corrected chi connectivity index (χ2v) is 5.32. The van der Waals surface area contributed by atoms with Crippen LogP contribution < -0.4 is 0 Å². The third-order valence-electron chi connectivity index (χ3n) is 3.77. The number of nitrogens with zero attached hydrogens (tertiary/aromatic N) is 3. The highest BCUT2D eigenvalue weighted by atomic mass is 15.0. The van der Waals surface area contributed by atoms with Crippen molar-refractivity contribution in [1.82, 2.24) is 4.57 Å². The van der Waals surface area contributed by atoms with Crippen molar-refractivity contribution in [2.45, 2.75) is 0 Å². The zero-order chi connectivity index (χ0) is 16.1. The maximum absolute atomic E-state index is 8.77. The van der Waals surface area contributed by atoms with Crippen LogP contribution in [0.3, 0.4) is 0 Å². The van der Waals surface area contributed by atoms with Gasteiger partial charge in [-0.1, -0.05) is 42.5 Å².